The number of ether oxygens (including phenoxy) is 1. The molecule has 7 heteroatoms. The van der Waals surface area contributed by atoms with Gasteiger partial charge in [0.15, 0.2) is 5.96 Å². The Morgan fingerprint density at radius 2 is 2.05 bits per heavy atom. The van der Waals surface area contributed by atoms with Crippen LogP contribution < -0.4 is 10.6 Å². The SMILES string of the molecule is CN=C(NCCOC)NCc1ccc(F)c(CN(C)C)c1.I. The number of rotatable bonds is 7. The summed E-state index contributed by atoms with van der Waals surface area (Å²) in [7, 11) is 7.21. The molecule has 0 heterocycles. The van der Waals surface area contributed by atoms with Crippen LogP contribution in [-0.2, 0) is 17.8 Å². The highest BCUT2D eigenvalue weighted by atomic mass is 127. The molecule has 22 heavy (non-hydrogen) atoms. The Morgan fingerprint density at radius 1 is 1.32 bits per heavy atom. The molecule has 1 rings (SSSR count). The van der Waals surface area contributed by atoms with Crippen LogP contribution in [0.5, 0.6) is 0 Å². The van der Waals surface area contributed by atoms with E-state index in [1.807, 2.05) is 25.1 Å². The fourth-order valence-corrected chi connectivity index (χ4v) is 1.88. The topological polar surface area (TPSA) is 48.9 Å². The maximum absolute atomic E-state index is 13.7. The van der Waals surface area contributed by atoms with Gasteiger partial charge in [0.1, 0.15) is 5.82 Å². The lowest BCUT2D eigenvalue weighted by Crippen LogP contribution is -2.38. The molecule has 0 aliphatic rings. The van der Waals surface area contributed by atoms with Gasteiger partial charge < -0.3 is 20.3 Å². The van der Waals surface area contributed by atoms with Gasteiger partial charge in [-0.2, -0.15) is 0 Å². The number of hydrogen-bond acceptors (Lipinski definition) is 3. The molecule has 0 amide bonds. The predicted octanol–water partition coefficient (Wildman–Crippen LogP) is 1.82. The van der Waals surface area contributed by atoms with E-state index < -0.39 is 0 Å². The summed E-state index contributed by atoms with van der Waals surface area (Å²) in [5.74, 6) is 0.528. The first-order valence-corrected chi connectivity index (χ1v) is 6.92. The fraction of sp³-hybridized carbons (Fsp3) is 0.533. The lowest BCUT2D eigenvalue weighted by atomic mass is 10.1. The zero-order valence-electron chi connectivity index (χ0n) is 13.6. The van der Waals surface area contributed by atoms with E-state index in [0.29, 0.717) is 37.8 Å². The van der Waals surface area contributed by atoms with Crippen LogP contribution in [0.2, 0.25) is 0 Å². The summed E-state index contributed by atoms with van der Waals surface area (Å²) in [4.78, 5) is 6.07. The molecule has 0 aromatic heterocycles. The van der Waals surface area contributed by atoms with Crippen molar-refractivity contribution in [1.82, 2.24) is 15.5 Å². The van der Waals surface area contributed by atoms with Crippen LogP contribution in [0, 0.1) is 5.82 Å². The molecule has 0 aliphatic heterocycles. The third-order valence-corrected chi connectivity index (χ3v) is 2.88. The van der Waals surface area contributed by atoms with Gasteiger partial charge in [-0.1, -0.05) is 6.07 Å². The van der Waals surface area contributed by atoms with Crippen molar-refractivity contribution in [3.05, 3.63) is 35.1 Å². The second-order valence-corrected chi connectivity index (χ2v) is 5.01. The molecule has 0 radical (unpaired) electrons. The van der Waals surface area contributed by atoms with E-state index in [-0.39, 0.29) is 29.8 Å². The molecule has 0 fully saturated rings. The summed E-state index contributed by atoms with van der Waals surface area (Å²) >= 11 is 0. The maximum atomic E-state index is 13.7. The average molecular weight is 424 g/mol. The van der Waals surface area contributed by atoms with Crippen molar-refractivity contribution in [2.45, 2.75) is 13.1 Å². The van der Waals surface area contributed by atoms with Gasteiger partial charge in [-0.3, -0.25) is 4.99 Å². The molecule has 1 aromatic carbocycles. The third kappa shape index (κ3) is 7.90. The Bertz CT molecular complexity index is 469. The van der Waals surface area contributed by atoms with Crippen molar-refractivity contribution >= 4 is 29.9 Å². The highest BCUT2D eigenvalue weighted by Gasteiger charge is 2.05. The number of aliphatic imine (C=N–C) groups is 1. The van der Waals surface area contributed by atoms with Crippen LogP contribution in [0.25, 0.3) is 0 Å². The van der Waals surface area contributed by atoms with Gasteiger partial charge in [0.2, 0.25) is 0 Å². The van der Waals surface area contributed by atoms with E-state index in [2.05, 4.69) is 15.6 Å². The molecule has 0 saturated heterocycles. The molecule has 0 bridgehead atoms. The van der Waals surface area contributed by atoms with E-state index in [9.17, 15) is 4.39 Å². The van der Waals surface area contributed by atoms with Crippen molar-refractivity contribution in [2.75, 3.05) is 41.4 Å². The number of halogens is 2. The Kier molecular flexibility index (Phi) is 11.1. The first-order chi connectivity index (χ1) is 10.1. The fourth-order valence-electron chi connectivity index (χ4n) is 1.88. The minimum atomic E-state index is -0.171. The van der Waals surface area contributed by atoms with E-state index in [1.54, 1.807) is 20.2 Å². The normalized spacial score (nSPS) is 11.3. The molecular weight excluding hydrogens is 398 g/mol. The largest absolute Gasteiger partial charge is 0.383 e. The Morgan fingerprint density at radius 3 is 2.64 bits per heavy atom. The summed E-state index contributed by atoms with van der Waals surface area (Å²) in [6.45, 7) is 2.48. The molecule has 0 saturated carbocycles. The standard InChI is InChI=1S/C15H25FN4O.HI/c1-17-15(18-7-8-21-4)19-10-12-5-6-14(16)13(9-12)11-20(2)3;/h5-6,9H,7-8,10-11H2,1-4H3,(H2,17,18,19);1H. The number of benzene rings is 1. The van der Waals surface area contributed by atoms with Gasteiger partial charge in [-0.15, -0.1) is 24.0 Å². The summed E-state index contributed by atoms with van der Waals surface area (Å²) in [5, 5.41) is 6.32. The molecule has 0 unspecified atom stereocenters. The quantitative estimate of drug-likeness (QED) is 0.304. The van der Waals surface area contributed by atoms with Crippen LogP contribution in [0.1, 0.15) is 11.1 Å². The van der Waals surface area contributed by atoms with E-state index in [0.717, 1.165) is 5.56 Å². The number of methoxy groups -OCH3 is 1. The van der Waals surface area contributed by atoms with Crippen molar-refractivity contribution in [3.8, 4) is 0 Å². The predicted molar refractivity (Wildman–Crippen MR) is 99.3 cm³/mol. The Balaban J connectivity index is 0.00000441. The van der Waals surface area contributed by atoms with Gasteiger partial charge in [0.25, 0.3) is 0 Å². The second kappa shape index (κ2) is 11.6. The number of nitrogens with one attached hydrogen (secondary N) is 2. The van der Waals surface area contributed by atoms with Crippen LogP contribution in [0.15, 0.2) is 23.2 Å². The monoisotopic (exact) mass is 424 g/mol. The van der Waals surface area contributed by atoms with Crippen molar-refractivity contribution < 1.29 is 9.13 Å². The summed E-state index contributed by atoms with van der Waals surface area (Å²) < 4.78 is 18.7. The average Bonchev–Trinajstić information content (AvgIpc) is 2.45. The zero-order chi connectivity index (χ0) is 15.7. The highest BCUT2D eigenvalue weighted by Crippen LogP contribution is 2.12. The minimum Gasteiger partial charge on any atom is -0.383 e. The minimum absolute atomic E-state index is 0. The van der Waals surface area contributed by atoms with Gasteiger partial charge >= 0.3 is 0 Å². The summed E-state index contributed by atoms with van der Waals surface area (Å²) in [6, 6.07) is 5.17. The lowest BCUT2D eigenvalue weighted by Gasteiger charge is -2.14. The van der Waals surface area contributed by atoms with Crippen LogP contribution in [0.4, 0.5) is 4.39 Å². The van der Waals surface area contributed by atoms with Crippen molar-refractivity contribution in [1.29, 1.82) is 0 Å². The zero-order valence-corrected chi connectivity index (χ0v) is 16.0. The Hall–Kier alpha value is -0.930. The molecule has 126 valence electrons. The van der Waals surface area contributed by atoms with E-state index in [4.69, 9.17) is 4.74 Å². The van der Waals surface area contributed by atoms with Crippen LogP contribution in [-0.4, -0.2) is 52.3 Å². The van der Waals surface area contributed by atoms with E-state index in [1.165, 1.54) is 6.07 Å². The van der Waals surface area contributed by atoms with Crippen LogP contribution >= 0.6 is 24.0 Å². The van der Waals surface area contributed by atoms with Gasteiger partial charge in [-0.25, -0.2) is 4.39 Å². The molecule has 0 spiro atoms. The van der Waals surface area contributed by atoms with E-state index >= 15 is 0 Å². The lowest BCUT2D eigenvalue weighted by molar-refractivity contribution is 0.203. The molecule has 1 aromatic rings. The van der Waals surface area contributed by atoms with Crippen molar-refractivity contribution in [3.63, 3.8) is 0 Å². The summed E-state index contributed by atoms with van der Waals surface area (Å²) in [6.07, 6.45) is 0. The number of guanidine groups is 1. The number of nitrogens with zero attached hydrogens (tertiary/aromatic N) is 2. The van der Waals surface area contributed by atoms with Gasteiger partial charge in [0, 0.05) is 39.4 Å². The highest BCUT2D eigenvalue weighted by molar-refractivity contribution is 14.0. The molecular formula is C15H26FIN4O. The van der Waals surface area contributed by atoms with Crippen molar-refractivity contribution in [2.24, 2.45) is 4.99 Å². The summed E-state index contributed by atoms with van der Waals surface area (Å²) in [5.41, 5.74) is 1.71. The van der Waals surface area contributed by atoms with Crippen LogP contribution in [0.3, 0.4) is 0 Å². The second-order valence-electron chi connectivity index (χ2n) is 5.01. The molecule has 2 N–H and O–H groups in total. The molecule has 5 nitrogen and oxygen atoms in total. The Labute approximate surface area is 149 Å². The van der Waals surface area contributed by atoms with Gasteiger partial charge in [-0.05, 0) is 31.8 Å². The smallest absolute Gasteiger partial charge is 0.191 e. The number of hydrogen-bond donors (Lipinski definition) is 2. The van der Waals surface area contributed by atoms with Gasteiger partial charge in [0.05, 0.1) is 6.61 Å². The first kappa shape index (κ1) is 21.1. The molecule has 0 atom stereocenters. The third-order valence-electron chi connectivity index (χ3n) is 2.88. The maximum Gasteiger partial charge on any atom is 0.191 e. The molecule has 0 aliphatic carbocycles. The first-order valence-electron chi connectivity index (χ1n) is 6.92.